The zero-order chi connectivity index (χ0) is 11.3. The van der Waals surface area contributed by atoms with Gasteiger partial charge in [-0.15, -0.1) is 0 Å². The standard InChI is InChI=1S/C14H14O/c1-4-8-12(5-2)14(15)13-10-7-6-9-11(13)3/h4-10H,1-2H2,3H3/b12-8+. The summed E-state index contributed by atoms with van der Waals surface area (Å²) in [5.74, 6) is -0.0111. The Kier molecular flexibility index (Phi) is 3.81. The molecule has 0 saturated heterocycles. The van der Waals surface area contributed by atoms with E-state index in [0.29, 0.717) is 11.1 Å². The summed E-state index contributed by atoms with van der Waals surface area (Å²) in [6, 6.07) is 7.51. The molecule has 1 heteroatoms. The Labute approximate surface area is 90.4 Å². The highest BCUT2D eigenvalue weighted by molar-refractivity contribution is 6.11. The molecule has 0 saturated carbocycles. The fraction of sp³-hybridized carbons (Fsp3) is 0.0714. The molecule has 0 bridgehead atoms. The minimum atomic E-state index is -0.0111. The van der Waals surface area contributed by atoms with Gasteiger partial charge in [-0.1, -0.05) is 55.7 Å². The van der Waals surface area contributed by atoms with Crippen LogP contribution in [0.3, 0.4) is 0 Å². The van der Waals surface area contributed by atoms with Crippen LogP contribution in [0.4, 0.5) is 0 Å². The maximum atomic E-state index is 12.0. The van der Waals surface area contributed by atoms with Crippen molar-refractivity contribution in [3.05, 3.63) is 72.4 Å². The van der Waals surface area contributed by atoms with Crippen molar-refractivity contribution in [2.24, 2.45) is 0 Å². The quantitative estimate of drug-likeness (QED) is 0.411. The predicted octanol–water partition coefficient (Wildman–Crippen LogP) is 3.48. The molecular formula is C14H14O. The monoisotopic (exact) mass is 198 g/mol. The van der Waals surface area contributed by atoms with Crippen LogP contribution in [0.2, 0.25) is 0 Å². The lowest BCUT2D eigenvalue weighted by Gasteiger charge is -2.04. The van der Waals surface area contributed by atoms with Crippen molar-refractivity contribution in [2.45, 2.75) is 6.92 Å². The van der Waals surface area contributed by atoms with Crippen molar-refractivity contribution < 1.29 is 4.79 Å². The first-order valence-electron chi connectivity index (χ1n) is 4.76. The van der Waals surface area contributed by atoms with E-state index in [0.717, 1.165) is 5.56 Å². The van der Waals surface area contributed by atoms with Crippen LogP contribution in [0.1, 0.15) is 15.9 Å². The normalized spacial score (nSPS) is 10.9. The fourth-order valence-corrected chi connectivity index (χ4v) is 1.35. The summed E-state index contributed by atoms with van der Waals surface area (Å²) in [6.07, 6.45) is 4.81. The fourth-order valence-electron chi connectivity index (χ4n) is 1.35. The van der Waals surface area contributed by atoms with E-state index < -0.39 is 0 Å². The third-order valence-corrected chi connectivity index (χ3v) is 2.17. The first kappa shape index (κ1) is 11.2. The van der Waals surface area contributed by atoms with E-state index in [1.165, 1.54) is 0 Å². The molecule has 0 amide bonds. The van der Waals surface area contributed by atoms with Crippen LogP contribution < -0.4 is 0 Å². The zero-order valence-electron chi connectivity index (χ0n) is 8.86. The van der Waals surface area contributed by atoms with Crippen molar-refractivity contribution in [3.63, 3.8) is 0 Å². The number of hydrogen-bond donors (Lipinski definition) is 0. The van der Waals surface area contributed by atoms with Gasteiger partial charge in [-0.3, -0.25) is 4.79 Å². The molecule has 0 atom stereocenters. The van der Waals surface area contributed by atoms with Gasteiger partial charge in [-0.05, 0) is 12.5 Å². The summed E-state index contributed by atoms with van der Waals surface area (Å²) in [4.78, 5) is 12.0. The zero-order valence-corrected chi connectivity index (χ0v) is 8.86. The van der Waals surface area contributed by atoms with E-state index in [4.69, 9.17) is 0 Å². The Hall–Kier alpha value is -1.89. The van der Waals surface area contributed by atoms with Crippen molar-refractivity contribution >= 4 is 5.78 Å². The summed E-state index contributed by atoms with van der Waals surface area (Å²) in [7, 11) is 0. The molecule has 1 aromatic rings. The Balaban J connectivity index is 3.14. The van der Waals surface area contributed by atoms with Crippen LogP contribution in [-0.2, 0) is 0 Å². The lowest BCUT2D eigenvalue weighted by atomic mass is 9.99. The Morgan fingerprint density at radius 2 is 1.93 bits per heavy atom. The molecule has 0 radical (unpaired) electrons. The molecule has 0 spiro atoms. The SMILES string of the molecule is C=C/C=C(\C=C)C(=O)c1ccccc1C. The summed E-state index contributed by atoms with van der Waals surface area (Å²) in [6.45, 7) is 9.11. The highest BCUT2D eigenvalue weighted by atomic mass is 16.1. The number of hydrogen-bond acceptors (Lipinski definition) is 1. The number of Topliss-reactive ketones (excluding diaryl/α,β-unsaturated/α-hetero) is 1. The second kappa shape index (κ2) is 5.11. The molecular weight excluding hydrogens is 184 g/mol. The molecule has 0 heterocycles. The second-order valence-corrected chi connectivity index (χ2v) is 3.21. The van der Waals surface area contributed by atoms with Crippen LogP contribution in [0.25, 0.3) is 0 Å². The first-order chi connectivity index (χ1) is 7.20. The van der Waals surface area contributed by atoms with E-state index in [1.54, 1.807) is 18.2 Å². The van der Waals surface area contributed by atoms with Gasteiger partial charge < -0.3 is 0 Å². The lowest BCUT2D eigenvalue weighted by Crippen LogP contribution is -2.03. The van der Waals surface area contributed by atoms with Crippen molar-refractivity contribution in [1.29, 1.82) is 0 Å². The molecule has 1 rings (SSSR count). The number of ketones is 1. The number of allylic oxidation sites excluding steroid dienone is 4. The first-order valence-corrected chi connectivity index (χ1v) is 4.76. The molecule has 0 N–H and O–H groups in total. The smallest absolute Gasteiger partial charge is 0.193 e. The molecule has 0 aliphatic rings. The molecule has 0 aliphatic heterocycles. The van der Waals surface area contributed by atoms with E-state index in [9.17, 15) is 4.79 Å². The van der Waals surface area contributed by atoms with E-state index in [2.05, 4.69) is 13.2 Å². The molecule has 0 aliphatic carbocycles. The molecule has 76 valence electrons. The Morgan fingerprint density at radius 3 is 2.47 bits per heavy atom. The molecule has 0 fully saturated rings. The minimum absolute atomic E-state index is 0.0111. The lowest BCUT2D eigenvalue weighted by molar-refractivity contribution is 0.103. The third-order valence-electron chi connectivity index (χ3n) is 2.17. The van der Waals surface area contributed by atoms with Gasteiger partial charge in [0.05, 0.1) is 0 Å². The van der Waals surface area contributed by atoms with Crippen molar-refractivity contribution in [1.82, 2.24) is 0 Å². The summed E-state index contributed by atoms with van der Waals surface area (Å²) in [5.41, 5.74) is 2.25. The average Bonchev–Trinajstić information content (AvgIpc) is 2.25. The number of aryl methyl sites for hydroxylation is 1. The van der Waals surface area contributed by atoms with E-state index in [-0.39, 0.29) is 5.78 Å². The molecule has 15 heavy (non-hydrogen) atoms. The third kappa shape index (κ3) is 2.53. The van der Waals surface area contributed by atoms with Crippen LogP contribution in [0.15, 0.2) is 61.2 Å². The van der Waals surface area contributed by atoms with Crippen LogP contribution in [0.5, 0.6) is 0 Å². The molecule has 1 nitrogen and oxygen atoms in total. The van der Waals surface area contributed by atoms with E-state index >= 15 is 0 Å². The van der Waals surface area contributed by atoms with E-state index in [1.807, 2.05) is 31.2 Å². The highest BCUT2D eigenvalue weighted by Crippen LogP contribution is 2.13. The largest absolute Gasteiger partial charge is 0.289 e. The number of rotatable bonds is 4. The topological polar surface area (TPSA) is 17.1 Å². The maximum Gasteiger partial charge on any atom is 0.193 e. The van der Waals surface area contributed by atoms with Crippen molar-refractivity contribution in [3.8, 4) is 0 Å². The maximum absolute atomic E-state index is 12.0. The van der Waals surface area contributed by atoms with Gasteiger partial charge in [0.2, 0.25) is 0 Å². The molecule has 1 aromatic carbocycles. The van der Waals surface area contributed by atoms with Gasteiger partial charge in [0.15, 0.2) is 5.78 Å². The van der Waals surface area contributed by atoms with Crippen LogP contribution in [-0.4, -0.2) is 5.78 Å². The van der Waals surface area contributed by atoms with Crippen LogP contribution in [0, 0.1) is 6.92 Å². The Morgan fingerprint density at radius 1 is 1.27 bits per heavy atom. The van der Waals surface area contributed by atoms with Gasteiger partial charge in [-0.2, -0.15) is 0 Å². The van der Waals surface area contributed by atoms with Gasteiger partial charge in [0.25, 0.3) is 0 Å². The minimum Gasteiger partial charge on any atom is -0.289 e. The number of benzene rings is 1. The number of carbonyl (C=O) groups is 1. The molecule has 0 unspecified atom stereocenters. The average molecular weight is 198 g/mol. The summed E-state index contributed by atoms with van der Waals surface area (Å²) < 4.78 is 0. The summed E-state index contributed by atoms with van der Waals surface area (Å²) in [5, 5.41) is 0. The van der Waals surface area contributed by atoms with Gasteiger partial charge in [-0.25, -0.2) is 0 Å². The van der Waals surface area contributed by atoms with Crippen LogP contribution >= 0.6 is 0 Å². The number of carbonyl (C=O) groups excluding carboxylic acids is 1. The Bertz CT molecular complexity index is 425. The summed E-state index contributed by atoms with van der Waals surface area (Å²) >= 11 is 0. The highest BCUT2D eigenvalue weighted by Gasteiger charge is 2.10. The van der Waals surface area contributed by atoms with Crippen molar-refractivity contribution in [2.75, 3.05) is 0 Å². The van der Waals surface area contributed by atoms with Gasteiger partial charge >= 0.3 is 0 Å². The van der Waals surface area contributed by atoms with Gasteiger partial charge in [0, 0.05) is 11.1 Å². The second-order valence-electron chi connectivity index (χ2n) is 3.21. The molecule has 0 aromatic heterocycles. The van der Waals surface area contributed by atoms with Gasteiger partial charge in [0.1, 0.15) is 0 Å². The predicted molar refractivity (Wildman–Crippen MR) is 64.0 cm³/mol.